The maximum absolute atomic E-state index is 12.5. The molecule has 4 heteroatoms. The average Bonchev–Trinajstić information content (AvgIpc) is 3.04. The van der Waals surface area contributed by atoms with E-state index in [9.17, 15) is 4.79 Å². The van der Waals surface area contributed by atoms with E-state index in [2.05, 4.69) is 11.8 Å². The third-order valence-electron chi connectivity index (χ3n) is 4.75. The van der Waals surface area contributed by atoms with Gasteiger partial charge in [0.25, 0.3) is 0 Å². The van der Waals surface area contributed by atoms with E-state index in [4.69, 9.17) is 9.47 Å². The molecular weight excluding hydrogens is 266 g/mol. The average molecular weight is 289 g/mol. The van der Waals surface area contributed by atoms with Crippen molar-refractivity contribution in [3.63, 3.8) is 0 Å². The fourth-order valence-corrected chi connectivity index (χ4v) is 3.32. The van der Waals surface area contributed by atoms with Gasteiger partial charge in [-0.1, -0.05) is 13.0 Å². The monoisotopic (exact) mass is 289 g/mol. The van der Waals surface area contributed by atoms with Gasteiger partial charge >= 0.3 is 0 Å². The molecule has 4 nitrogen and oxygen atoms in total. The number of benzene rings is 1. The van der Waals surface area contributed by atoms with Gasteiger partial charge in [-0.2, -0.15) is 0 Å². The summed E-state index contributed by atoms with van der Waals surface area (Å²) in [4.78, 5) is 14.6. The normalized spacial score (nSPS) is 27.6. The van der Waals surface area contributed by atoms with Gasteiger partial charge in [-0.3, -0.25) is 4.79 Å². The quantitative estimate of drug-likeness (QED) is 0.855. The van der Waals surface area contributed by atoms with Gasteiger partial charge in [0, 0.05) is 12.5 Å². The Balaban J connectivity index is 1.83. The summed E-state index contributed by atoms with van der Waals surface area (Å²) in [5, 5.41) is 0. The highest BCUT2D eigenvalue weighted by Gasteiger charge is 2.44. The van der Waals surface area contributed by atoms with Crippen LogP contribution in [0.3, 0.4) is 0 Å². The Bertz CT molecular complexity index is 543. The Kier molecular flexibility index (Phi) is 3.79. The predicted molar refractivity (Wildman–Crippen MR) is 80.5 cm³/mol. The zero-order chi connectivity index (χ0) is 15.0. The van der Waals surface area contributed by atoms with Gasteiger partial charge in [0.05, 0.1) is 20.3 Å². The van der Waals surface area contributed by atoms with Gasteiger partial charge < -0.3 is 14.4 Å². The predicted octanol–water partition coefficient (Wildman–Crippen LogP) is 3.02. The van der Waals surface area contributed by atoms with Crippen LogP contribution in [0.1, 0.15) is 37.8 Å². The summed E-state index contributed by atoms with van der Waals surface area (Å²) < 4.78 is 10.7. The molecule has 1 aromatic carbocycles. The molecule has 0 radical (unpaired) electrons. The van der Waals surface area contributed by atoms with E-state index in [1.807, 2.05) is 18.2 Å². The molecule has 1 heterocycles. The molecule has 1 aromatic rings. The molecule has 0 bridgehead atoms. The van der Waals surface area contributed by atoms with Gasteiger partial charge in [-0.05, 0) is 42.9 Å². The van der Waals surface area contributed by atoms with Crippen molar-refractivity contribution in [2.24, 2.45) is 11.8 Å². The van der Waals surface area contributed by atoms with Crippen LogP contribution < -0.4 is 9.47 Å². The van der Waals surface area contributed by atoms with Crippen molar-refractivity contribution in [2.45, 2.75) is 32.2 Å². The van der Waals surface area contributed by atoms with E-state index >= 15 is 0 Å². The topological polar surface area (TPSA) is 38.8 Å². The fraction of sp³-hybridized carbons (Fsp3) is 0.588. The number of ether oxygens (including phenoxy) is 2. The molecule has 114 valence electrons. The number of methoxy groups -OCH3 is 2. The number of carbonyl (C=O) groups is 1. The smallest absolute Gasteiger partial charge is 0.226 e. The van der Waals surface area contributed by atoms with Gasteiger partial charge in [0.1, 0.15) is 0 Å². The highest BCUT2D eigenvalue weighted by atomic mass is 16.5. The molecule has 3 atom stereocenters. The number of likely N-dealkylation sites (tertiary alicyclic amines) is 1. The maximum atomic E-state index is 12.5. The van der Waals surface area contributed by atoms with Crippen LogP contribution in [0, 0.1) is 11.8 Å². The Labute approximate surface area is 126 Å². The summed E-state index contributed by atoms with van der Waals surface area (Å²) in [7, 11) is 3.28. The minimum Gasteiger partial charge on any atom is -0.493 e. The van der Waals surface area contributed by atoms with E-state index in [1.165, 1.54) is 0 Å². The Morgan fingerprint density at radius 2 is 1.95 bits per heavy atom. The highest BCUT2D eigenvalue weighted by Crippen LogP contribution is 2.43. The van der Waals surface area contributed by atoms with E-state index in [0.29, 0.717) is 11.8 Å². The molecule has 1 amide bonds. The highest BCUT2D eigenvalue weighted by molar-refractivity contribution is 5.82. The molecule has 3 unspecified atom stereocenters. The van der Waals surface area contributed by atoms with E-state index in [-0.39, 0.29) is 12.0 Å². The van der Waals surface area contributed by atoms with Crippen molar-refractivity contribution in [3.05, 3.63) is 23.8 Å². The van der Waals surface area contributed by atoms with Gasteiger partial charge in [0.2, 0.25) is 5.91 Å². The Morgan fingerprint density at radius 1 is 1.24 bits per heavy atom. The van der Waals surface area contributed by atoms with Crippen molar-refractivity contribution in [1.82, 2.24) is 4.90 Å². The lowest BCUT2D eigenvalue weighted by Gasteiger charge is -2.26. The van der Waals surface area contributed by atoms with Crippen LogP contribution in [-0.2, 0) is 4.79 Å². The minimum absolute atomic E-state index is 0.185. The number of hydrogen-bond acceptors (Lipinski definition) is 3. The third-order valence-corrected chi connectivity index (χ3v) is 4.75. The van der Waals surface area contributed by atoms with Crippen LogP contribution in [0.4, 0.5) is 0 Å². The molecule has 1 saturated carbocycles. The molecule has 21 heavy (non-hydrogen) atoms. The van der Waals surface area contributed by atoms with Gasteiger partial charge in [-0.25, -0.2) is 0 Å². The maximum Gasteiger partial charge on any atom is 0.226 e. The molecule has 2 fully saturated rings. The van der Waals surface area contributed by atoms with Crippen LogP contribution >= 0.6 is 0 Å². The van der Waals surface area contributed by atoms with E-state index < -0.39 is 0 Å². The van der Waals surface area contributed by atoms with Crippen molar-refractivity contribution < 1.29 is 14.3 Å². The van der Waals surface area contributed by atoms with Crippen molar-refractivity contribution in [1.29, 1.82) is 0 Å². The molecule has 0 spiro atoms. The molecule has 3 rings (SSSR count). The van der Waals surface area contributed by atoms with Crippen molar-refractivity contribution in [2.75, 3.05) is 20.8 Å². The summed E-state index contributed by atoms with van der Waals surface area (Å²) in [6, 6.07) is 6.17. The first-order valence-corrected chi connectivity index (χ1v) is 7.68. The molecule has 0 N–H and O–H groups in total. The summed E-state index contributed by atoms with van der Waals surface area (Å²) in [5.41, 5.74) is 1.15. The third kappa shape index (κ3) is 2.59. The first-order valence-electron chi connectivity index (χ1n) is 7.68. The fourth-order valence-electron chi connectivity index (χ4n) is 3.32. The van der Waals surface area contributed by atoms with Crippen LogP contribution in [0.25, 0.3) is 0 Å². The van der Waals surface area contributed by atoms with Crippen LogP contribution in [0.15, 0.2) is 18.2 Å². The van der Waals surface area contributed by atoms with Gasteiger partial charge in [-0.15, -0.1) is 0 Å². The lowest BCUT2D eigenvalue weighted by molar-refractivity contribution is -0.133. The number of nitrogens with zero attached hydrogens (tertiary/aromatic N) is 1. The zero-order valence-electron chi connectivity index (χ0n) is 13.0. The second-order valence-corrected chi connectivity index (χ2v) is 6.12. The lowest BCUT2D eigenvalue weighted by Crippen LogP contribution is -2.32. The molecule has 2 aliphatic rings. The Hall–Kier alpha value is -1.71. The first-order chi connectivity index (χ1) is 10.2. The van der Waals surface area contributed by atoms with E-state index in [1.54, 1.807) is 14.2 Å². The summed E-state index contributed by atoms with van der Waals surface area (Å²) in [6.45, 7) is 3.03. The largest absolute Gasteiger partial charge is 0.493 e. The summed E-state index contributed by atoms with van der Waals surface area (Å²) in [6.07, 6.45) is 3.15. The van der Waals surface area contributed by atoms with E-state index in [0.717, 1.165) is 42.9 Å². The van der Waals surface area contributed by atoms with Crippen LogP contribution in [0.2, 0.25) is 0 Å². The molecular formula is C17H23NO3. The van der Waals surface area contributed by atoms with Gasteiger partial charge in [0.15, 0.2) is 11.5 Å². The molecule has 1 saturated heterocycles. The zero-order valence-corrected chi connectivity index (χ0v) is 13.0. The molecule has 1 aliphatic heterocycles. The van der Waals surface area contributed by atoms with Crippen LogP contribution in [0.5, 0.6) is 11.5 Å². The van der Waals surface area contributed by atoms with Crippen molar-refractivity contribution >= 4 is 5.91 Å². The number of amides is 1. The number of carbonyl (C=O) groups excluding carboxylic acids is 1. The summed E-state index contributed by atoms with van der Waals surface area (Å²) >= 11 is 0. The number of hydrogen-bond donors (Lipinski definition) is 0. The molecule has 0 aromatic heterocycles. The summed E-state index contributed by atoms with van der Waals surface area (Å²) in [5.74, 6) is 2.61. The van der Waals surface area contributed by atoms with Crippen molar-refractivity contribution in [3.8, 4) is 11.5 Å². The SMILES string of the molecule is COc1ccc(C2CCCN2C(=O)C2CC2C)cc1OC. The van der Waals surface area contributed by atoms with Crippen LogP contribution in [-0.4, -0.2) is 31.6 Å². The number of rotatable bonds is 4. The standard InChI is InChI=1S/C17H23NO3/c1-11-9-13(11)17(19)18-8-4-5-14(18)12-6-7-15(20-2)16(10-12)21-3/h6-7,10-11,13-14H,4-5,8-9H2,1-3H3. The second kappa shape index (κ2) is 5.58. The minimum atomic E-state index is 0.185. The molecule has 1 aliphatic carbocycles. The first kappa shape index (κ1) is 14.2. The lowest BCUT2D eigenvalue weighted by atomic mass is 10.0. The second-order valence-electron chi connectivity index (χ2n) is 6.12. The Morgan fingerprint density at radius 3 is 2.57 bits per heavy atom.